The number of methoxy groups -OCH3 is 1. The van der Waals surface area contributed by atoms with Gasteiger partial charge < -0.3 is 14.5 Å². The fourth-order valence-corrected chi connectivity index (χ4v) is 1.90. The first-order chi connectivity index (χ1) is 8.51. The monoisotopic (exact) mass is 254 g/mol. The van der Waals surface area contributed by atoms with Gasteiger partial charge in [-0.05, 0) is 38.3 Å². The van der Waals surface area contributed by atoms with Crippen LogP contribution in [0.5, 0.6) is 0 Å². The van der Waals surface area contributed by atoms with E-state index in [1.807, 2.05) is 13.8 Å². The van der Waals surface area contributed by atoms with E-state index in [1.54, 1.807) is 6.92 Å². The molecule has 0 unspecified atom stereocenters. The molecular formula is C13H19NO4. The molecule has 0 bridgehead atoms. The topological polar surface area (TPSA) is 68.4 Å². The quantitative estimate of drug-likeness (QED) is 0.643. The maximum Gasteiger partial charge on any atom is 0.355 e. The highest BCUT2D eigenvalue weighted by molar-refractivity contribution is 5.89. The minimum Gasteiger partial charge on any atom is -0.469 e. The van der Waals surface area contributed by atoms with Gasteiger partial charge in [0.15, 0.2) is 0 Å². The van der Waals surface area contributed by atoms with Gasteiger partial charge in [-0.1, -0.05) is 0 Å². The fourth-order valence-electron chi connectivity index (χ4n) is 1.90. The lowest BCUT2D eigenvalue weighted by molar-refractivity contribution is -0.140. The Bertz CT molecular complexity index is 448. The summed E-state index contributed by atoms with van der Waals surface area (Å²) in [6, 6.07) is 0. The highest BCUT2D eigenvalue weighted by atomic mass is 16.6. The van der Waals surface area contributed by atoms with Crippen LogP contribution < -0.4 is 0 Å². The van der Waals surface area contributed by atoms with E-state index in [2.05, 4.69) is 9.72 Å². The number of ether oxygens (including phenoxy) is 2. The van der Waals surface area contributed by atoms with Gasteiger partial charge in [-0.25, -0.2) is 4.79 Å². The maximum atomic E-state index is 11.7. The van der Waals surface area contributed by atoms with Crippen molar-refractivity contribution in [1.82, 2.24) is 4.98 Å². The first kappa shape index (κ1) is 14.3. The SMILES string of the molecule is CCOC(=O)c1[nH]c(C)c(CC[13C](=O)OC)c1C. The number of H-pyrrole nitrogens is 1. The second-order valence-corrected chi connectivity index (χ2v) is 4.03. The van der Waals surface area contributed by atoms with Crippen LogP contribution in [0.25, 0.3) is 0 Å². The van der Waals surface area contributed by atoms with E-state index >= 15 is 0 Å². The smallest absolute Gasteiger partial charge is 0.355 e. The van der Waals surface area contributed by atoms with E-state index < -0.39 is 0 Å². The molecular weight excluding hydrogens is 235 g/mol. The van der Waals surface area contributed by atoms with Crippen LogP contribution in [0, 0.1) is 13.8 Å². The van der Waals surface area contributed by atoms with Gasteiger partial charge in [-0.3, -0.25) is 4.79 Å². The number of hydrogen-bond acceptors (Lipinski definition) is 4. The average molecular weight is 254 g/mol. The van der Waals surface area contributed by atoms with Crippen LogP contribution in [0.3, 0.4) is 0 Å². The average Bonchev–Trinajstić information content (AvgIpc) is 2.62. The molecule has 0 saturated heterocycles. The number of aryl methyl sites for hydroxylation is 1. The first-order valence-electron chi connectivity index (χ1n) is 5.93. The summed E-state index contributed by atoms with van der Waals surface area (Å²) in [6.45, 7) is 5.83. The van der Waals surface area contributed by atoms with Gasteiger partial charge in [0, 0.05) is 12.1 Å². The lowest BCUT2D eigenvalue weighted by Gasteiger charge is -2.02. The van der Waals surface area contributed by atoms with Gasteiger partial charge in [-0.15, -0.1) is 0 Å². The predicted octanol–water partition coefficient (Wildman–Crippen LogP) is 1.91. The van der Waals surface area contributed by atoms with E-state index in [0.717, 1.165) is 16.8 Å². The number of aromatic amines is 1. The maximum absolute atomic E-state index is 11.7. The minimum absolute atomic E-state index is 0.257. The molecule has 1 rings (SSSR count). The van der Waals surface area contributed by atoms with Crippen LogP contribution in [0.1, 0.15) is 40.7 Å². The number of esters is 2. The largest absolute Gasteiger partial charge is 0.469 e. The van der Waals surface area contributed by atoms with Crippen molar-refractivity contribution in [2.24, 2.45) is 0 Å². The third-order valence-corrected chi connectivity index (χ3v) is 2.88. The Morgan fingerprint density at radius 3 is 2.50 bits per heavy atom. The molecule has 1 aromatic rings. The van der Waals surface area contributed by atoms with E-state index in [4.69, 9.17) is 4.74 Å². The molecule has 0 aliphatic heterocycles. The summed E-state index contributed by atoms with van der Waals surface area (Å²) in [6.07, 6.45) is 0.860. The number of hydrogen-bond donors (Lipinski definition) is 1. The highest BCUT2D eigenvalue weighted by Crippen LogP contribution is 2.20. The van der Waals surface area contributed by atoms with Gasteiger partial charge in [0.25, 0.3) is 0 Å². The number of aromatic nitrogens is 1. The third-order valence-electron chi connectivity index (χ3n) is 2.88. The molecule has 1 aromatic heterocycles. The molecule has 1 heterocycles. The van der Waals surface area contributed by atoms with Crippen molar-refractivity contribution < 1.29 is 19.1 Å². The molecule has 18 heavy (non-hydrogen) atoms. The number of rotatable bonds is 5. The van der Waals surface area contributed by atoms with Crippen molar-refractivity contribution >= 4 is 11.9 Å². The van der Waals surface area contributed by atoms with Gasteiger partial charge >= 0.3 is 11.9 Å². The second-order valence-electron chi connectivity index (χ2n) is 4.03. The first-order valence-corrected chi connectivity index (χ1v) is 5.93. The Labute approximate surface area is 106 Å². The lowest BCUT2D eigenvalue weighted by atomic mass is 10.1. The van der Waals surface area contributed by atoms with Crippen molar-refractivity contribution in [2.45, 2.75) is 33.6 Å². The predicted molar refractivity (Wildman–Crippen MR) is 66.6 cm³/mol. The van der Waals surface area contributed by atoms with Gasteiger partial charge in [0.05, 0.1) is 13.7 Å². The second kappa shape index (κ2) is 6.23. The molecule has 100 valence electrons. The number of carbonyl (C=O) groups is 2. The molecule has 0 atom stereocenters. The number of nitrogens with one attached hydrogen (secondary N) is 1. The fraction of sp³-hybridized carbons (Fsp3) is 0.538. The molecule has 1 N–H and O–H groups in total. The van der Waals surface area contributed by atoms with Crippen molar-refractivity contribution in [1.29, 1.82) is 0 Å². The van der Waals surface area contributed by atoms with Crippen LogP contribution in [0.4, 0.5) is 0 Å². The zero-order valence-corrected chi connectivity index (χ0v) is 11.3. The summed E-state index contributed by atoms with van der Waals surface area (Å²) in [7, 11) is 1.36. The molecule has 5 nitrogen and oxygen atoms in total. The van der Waals surface area contributed by atoms with Gasteiger partial charge in [0.2, 0.25) is 0 Å². The molecule has 0 amide bonds. The Morgan fingerprint density at radius 2 is 1.94 bits per heavy atom. The summed E-state index contributed by atoms with van der Waals surface area (Å²) < 4.78 is 9.57. The summed E-state index contributed by atoms with van der Waals surface area (Å²) in [5, 5.41) is 0. The van der Waals surface area contributed by atoms with Crippen molar-refractivity contribution in [3.8, 4) is 0 Å². The highest BCUT2D eigenvalue weighted by Gasteiger charge is 2.18. The Kier molecular flexibility index (Phi) is 4.95. The normalized spacial score (nSPS) is 10.2. The van der Waals surface area contributed by atoms with Crippen LogP contribution in [-0.2, 0) is 20.7 Å². The lowest BCUT2D eigenvalue weighted by Crippen LogP contribution is -2.07. The van der Waals surface area contributed by atoms with Gasteiger partial charge in [-0.2, -0.15) is 0 Å². The van der Waals surface area contributed by atoms with Crippen LogP contribution in [0.2, 0.25) is 0 Å². The van der Waals surface area contributed by atoms with E-state index in [9.17, 15) is 9.59 Å². The summed E-state index contributed by atoms with van der Waals surface area (Å²) in [5.41, 5.74) is 3.17. The van der Waals surface area contributed by atoms with Gasteiger partial charge in [0.1, 0.15) is 5.69 Å². The van der Waals surface area contributed by atoms with E-state index in [0.29, 0.717) is 25.1 Å². The van der Waals surface area contributed by atoms with E-state index in [1.165, 1.54) is 7.11 Å². The van der Waals surface area contributed by atoms with Crippen molar-refractivity contribution in [3.05, 3.63) is 22.5 Å². The molecule has 0 saturated carbocycles. The molecule has 0 aliphatic rings. The van der Waals surface area contributed by atoms with Crippen molar-refractivity contribution in [3.63, 3.8) is 0 Å². The zero-order chi connectivity index (χ0) is 13.7. The number of carbonyl (C=O) groups excluding carboxylic acids is 2. The molecule has 0 fully saturated rings. The Hall–Kier alpha value is -1.78. The zero-order valence-electron chi connectivity index (χ0n) is 11.3. The Balaban J connectivity index is 2.87. The molecule has 5 heteroatoms. The molecule has 0 spiro atoms. The van der Waals surface area contributed by atoms with Crippen molar-refractivity contribution in [2.75, 3.05) is 13.7 Å². The molecule has 0 radical (unpaired) electrons. The standard InChI is InChI=1S/C13H19NO4/c1-5-18-13(16)12-8(2)10(9(3)14-12)6-7-11(15)17-4/h14H,5-7H2,1-4H3/i11+1. The van der Waals surface area contributed by atoms with Crippen LogP contribution in [-0.4, -0.2) is 30.6 Å². The summed E-state index contributed by atoms with van der Waals surface area (Å²) in [4.78, 5) is 25.8. The third kappa shape index (κ3) is 3.12. The van der Waals surface area contributed by atoms with Crippen LogP contribution >= 0.6 is 0 Å². The minimum atomic E-state index is -0.359. The van der Waals surface area contributed by atoms with E-state index in [-0.39, 0.29) is 11.9 Å². The molecule has 0 aromatic carbocycles. The summed E-state index contributed by atoms with van der Waals surface area (Å²) in [5.74, 6) is -0.616. The molecule has 0 aliphatic carbocycles. The van der Waals surface area contributed by atoms with Crippen LogP contribution in [0.15, 0.2) is 0 Å². The summed E-state index contributed by atoms with van der Waals surface area (Å²) >= 11 is 0. The Morgan fingerprint density at radius 1 is 1.28 bits per heavy atom.